The van der Waals surface area contributed by atoms with E-state index in [-0.39, 0.29) is 31.5 Å². The average molecular weight is 482 g/mol. The first-order valence-corrected chi connectivity index (χ1v) is 11.9. The largest absolute Gasteiger partial charge is 0.480 e. The van der Waals surface area contributed by atoms with Crippen LogP contribution in [0, 0.1) is 5.41 Å². The van der Waals surface area contributed by atoms with Gasteiger partial charge >= 0.3 is 12.1 Å². The van der Waals surface area contributed by atoms with Crippen LogP contribution in [0.1, 0.15) is 37.3 Å². The Bertz CT molecular complexity index is 1020. The molecule has 2 aromatic rings. The fraction of sp³-hybridized carbons (Fsp3) is 0.444. The Morgan fingerprint density at radius 1 is 1.00 bits per heavy atom. The lowest BCUT2D eigenvalue weighted by atomic mass is 9.85. The summed E-state index contributed by atoms with van der Waals surface area (Å²) >= 11 is 0. The number of hydrogen-bond acceptors (Lipinski definition) is 5. The summed E-state index contributed by atoms with van der Waals surface area (Å²) in [6, 6.07) is 16.2. The van der Waals surface area contributed by atoms with Gasteiger partial charge in [-0.3, -0.25) is 9.59 Å². The molecule has 0 radical (unpaired) electrons. The molecule has 0 fully saturated rings. The van der Waals surface area contributed by atoms with E-state index in [1.807, 2.05) is 50.2 Å². The summed E-state index contributed by atoms with van der Waals surface area (Å²) < 4.78 is 5.59. The number of likely N-dealkylation sites (N-methyl/N-ethyl adjacent to an activating group) is 1. The van der Waals surface area contributed by atoms with Crippen LogP contribution < -0.4 is 5.32 Å². The van der Waals surface area contributed by atoms with Gasteiger partial charge < -0.3 is 25.0 Å². The van der Waals surface area contributed by atoms with E-state index in [2.05, 4.69) is 29.6 Å². The highest BCUT2D eigenvalue weighted by Crippen LogP contribution is 2.44. The number of rotatable bonds is 11. The Kier molecular flexibility index (Phi) is 8.51. The van der Waals surface area contributed by atoms with E-state index in [1.165, 1.54) is 4.90 Å². The molecule has 1 aliphatic carbocycles. The molecule has 8 heteroatoms. The van der Waals surface area contributed by atoms with Crippen LogP contribution in [-0.4, -0.2) is 79.8 Å². The van der Waals surface area contributed by atoms with E-state index >= 15 is 0 Å². The second kappa shape index (κ2) is 11.4. The third-order valence-electron chi connectivity index (χ3n) is 6.69. The van der Waals surface area contributed by atoms with Gasteiger partial charge in [0.15, 0.2) is 0 Å². The molecule has 0 heterocycles. The molecule has 1 unspecified atom stereocenters. The lowest BCUT2D eigenvalue weighted by Crippen LogP contribution is -2.51. The summed E-state index contributed by atoms with van der Waals surface area (Å²) in [6.45, 7) is 4.28. The number of fused-ring (bicyclic) bond motifs is 3. The molecule has 0 saturated carbocycles. The minimum atomic E-state index is -1.07. The molecule has 0 bridgehead atoms. The normalized spacial score (nSPS) is 14.1. The summed E-state index contributed by atoms with van der Waals surface area (Å²) in [5, 5.41) is 12.0. The first kappa shape index (κ1) is 26.2. The summed E-state index contributed by atoms with van der Waals surface area (Å²) in [7, 11) is 3.72. The third-order valence-corrected chi connectivity index (χ3v) is 6.69. The molecule has 1 aliphatic rings. The molecule has 2 amide bonds. The Morgan fingerprint density at radius 3 is 2.09 bits per heavy atom. The molecule has 8 nitrogen and oxygen atoms in total. The van der Waals surface area contributed by atoms with Crippen LogP contribution in [0.2, 0.25) is 0 Å². The number of ether oxygens (including phenoxy) is 1. The number of carboxylic acid groups (broad SMARTS) is 1. The number of benzene rings is 2. The van der Waals surface area contributed by atoms with E-state index in [0.717, 1.165) is 22.3 Å². The van der Waals surface area contributed by atoms with Crippen molar-refractivity contribution in [1.29, 1.82) is 0 Å². The summed E-state index contributed by atoms with van der Waals surface area (Å²) in [6.07, 6.45) is -0.162. The van der Waals surface area contributed by atoms with Crippen LogP contribution in [0.15, 0.2) is 48.5 Å². The lowest BCUT2D eigenvalue weighted by molar-refractivity contribution is -0.149. The molecule has 2 N–H and O–H groups in total. The van der Waals surface area contributed by atoms with Gasteiger partial charge in [0, 0.05) is 25.6 Å². The van der Waals surface area contributed by atoms with Gasteiger partial charge in [0.25, 0.3) is 0 Å². The number of aliphatic carboxylic acids is 1. The predicted molar refractivity (Wildman–Crippen MR) is 134 cm³/mol. The molecular formula is C27H35N3O5. The van der Waals surface area contributed by atoms with Gasteiger partial charge in [-0.1, -0.05) is 55.5 Å². The second-order valence-electron chi connectivity index (χ2n) is 9.52. The van der Waals surface area contributed by atoms with Crippen LogP contribution in [0.4, 0.5) is 4.79 Å². The summed E-state index contributed by atoms with van der Waals surface area (Å²) in [4.78, 5) is 40.4. The third kappa shape index (κ3) is 6.19. The molecule has 2 aromatic carbocycles. The van der Waals surface area contributed by atoms with Gasteiger partial charge in [0.2, 0.25) is 5.91 Å². The van der Waals surface area contributed by atoms with E-state index in [1.54, 1.807) is 6.92 Å². The zero-order valence-corrected chi connectivity index (χ0v) is 20.9. The highest BCUT2D eigenvalue weighted by Gasteiger charge is 2.36. The van der Waals surface area contributed by atoms with Gasteiger partial charge in [0.1, 0.15) is 13.2 Å². The highest BCUT2D eigenvalue weighted by molar-refractivity contribution is 5.86. The summed E-state index contributed by atoms with van der Waals surface area (Å²) in [5.74, 6) is -1.42. The Labute approximate surface area is 206 Å². The standard InChI is InChI=1S/C27H35N3O5/c1-5-27(2,25(33)30(16-24(31)32)15-14-29(3)4)18-28-26(34)35-17-23-21-12-8-6-10-19(21)20-11-7-9-13-22(20)23/h6-13,23H,5,14-18H2,1-4H3,(H,28,34)(H,31,32). The predicted octanol–water partition coefficient (Wildman–Crippen LogP) is 3.42. The number of carbonyl (C=O) groups excluding carboxylic acids is 2. The van der Waals surface area contributed by atoms with E-state index < -0.39 is 17.5 Å². The number of nitrogens with one attached hydrogen (secondary N) is 1. The Hall–Kier alpha value is -3.39. The fourth-order valence-electron chi connectivity index (χ4n) is 4.39. The number of carboxylic acids is 1. The molecule has 1 atom stereocenters. The molecule has 0 spiro atoms. The van der Waals surface area contributed by atoms with Crippen LogP contribution in [0.25, 0.3) is 11.1 Å². The first-order valence-electron chi connectivity index (χ1n) is 11.9. The molecule has 188 valence electrons. The lowest BCUT2D eigenvalue weighted by Gasteiger charge is -2.33. The average Bonchev–Trinajstić information content (AvgIpc) is 3.16. The Morgan fingerprint density at radius 2 is 1.57 bits per heavy atom. The van der Waals surface area contributed by atoms with Crippen molar-refractivity contribution in [2.24, 2.45) is 5.41 Å². The second-order valence-corrected chi connectivity index (χ2v) is 9.52. The van der Waals surface area contributed by atoms with Crippen LogP contribution in [-0.2, 0) is 14.3 Å². The SMILES string of the molecule is CCC(C)(CNC(=O)OCC1c2ccccc2-c2ccccc21)C(=O)N(CCN(C)C)CC(=O)O. The van der Waals surface area contributed by atoms with Crippen molar-refractivity contribution in [3.05, 3.63) is 59.7 Å². The number of alkyl carbamates (subject to hydrolysis) is 1. The van der Waals surface area contributed by atoms with Crippen LogP contribution >= 0.6 is 0 Å². The van der Waals surface area contributed by atoms with Crippen LogP contribution in [0.5, 0.6) is 0 Å². The van der Waals surface area contributed by atoms with E-state index in [0.29, 0.717) is 19.5 Å². The van der Waals surface area contributed by atoms with Crippen molar-refractivity contribution in [3.63, 3.8) is 0 Å². The maximum atomic E-state index is 13.3. The van der Waals surface area contributed by atoms with E-state index in [9.17, 15) is 19.5 Å². The molecule has 35 heavy (non-hydrogen) atoms. The number of hydrogen-bond donors (Lipinski definition) is 2. The monoisotopic (exact) mass is 481 g/mol. The zero-order valence-electron chi connectivity index (χ0n) is 20.9. The van der Waals surface area contributed by atoms with Gasteiger partial charge in [-0.2, -0.15) is 0 Å². The van der Waals surface area contributed by atoms with Gasteiger partial charge in [-0.05, 0) is 49.7 Å². The molecule has 0 saturated heterocycles. The Balaban J connectivity index is 1.62. The van der Waals surface area contributed by atoms with E-state index in [4.69, 9.17) is 4.74 Å². The van der Waals surface area contributed by atoms with Crippen molar-refractivity contribution in [2.75, 3.05) is 46.9 Å². The first-order chi connectivity index (χ1) is 16.7. The minimum Gasteiger partial charge on any atom is -0.480 e. The number of carbonyl (C=O) groups is 3. The fourth-order valence-corrected chi connectivity index (χ4v) is 4.39. The maximum Gasteiger partial charge on any atom is 0.407 e. The van der Waals surface area contributed by atoms with Gasteiger partial charge in [-0.25, -0.2) is 4.79 Å². The number of amides is 2. The van der Waals surface area contributed by atoms with Crippen molar-refractivity contribution < 1.29 is 24.2 Å². The maximum absolute atomic E-state index is 13.3. The van der Waals surface area contributed by atoms with Crippen molar-refractivity contribution >= 4 is 18.0 Å². The quantitative estimate of drug-likeness (QED) is 0.510. The smallest absolute Gasteiger partial charge is 0.407 e. The van der Waals surface area contributed by atoms with Crippen LogP contribution in [0.3, 0.4) is 0 Å². The van der Waals surface area contributed by atoms with Crippen molar-refractivity contribution in [1.82, 2.24) is 15.1 Å². The van der Waals surface area contributed by atoms with Crippen molar-refractivity contribution in [3.8, 4) is 11.1 Å². The molecule has 0 aliphatic heterocycles. The van der Waals surface area contributed by atoms with Gasteiger partial charge in [-0.15, -0.1) is 0 Å². The van der Waals surface area contributed by atoms with Crippen molar-refractivity contribution in [2.45, 2.75) is 26.2 Å². The zero-order chi connectivity index (χ0) is 25.6. The molecule has 0 aromatic heterocycles. The summed E-state index contributed by atoms with van der Waals surface area (Å²) in [5.41, 5.74) is 3.60. The molecule has 3 rings (SSSR count). The minimum absolute atomic E-state index is 0.0515. The number of nitrogens with zero attached hydrogens (tertiary/aromatic N) is 2. The topological polar surface area (TPSA) is 99.2 Å². The highest BCUT2D eigenvalue weighted by atomic mass is 16.5. The molecular weight excluding hydrogens is 446 g/mol. The van der Waals surface area contributed by atoms with Gasteiger partial charge in [0.05, 0.1) is 5.41 Å².